The van der Waals surface area contributed by atoms with Crippen LogP contribution in [0.5, 0.6) is 5.75 Å². The van der Waals surface area contributed by atoms with Gasteiger partial charge in [-0.05, 0) is 56.4 Å². The fraction of sp³-hybridized carbons (Fsp3) is 0.381. The predicted molar refractivity (Wildman–Crippen MR) is 99.6 cm³/mol. The van der Waals surface area contributed by atoms with Crippen LogP contribution in [0.1, 0.15) is 41.3 Å². The Bertz CT molecular complexity index is 755. The molecule has 0 radical (unpaired) electrons. The summed E-state index contributed by atoms with van der Waals surface area (Å²) < 4.78 is 5.85. The summed E-state index contributed by atoms with van der Waals surface area (Å²) in [6, 6.07) is 15.5. The molecule has 1 aliphatic rings. The highest BCUT2D eigenvalue weighted by Gasteiger charge is 2.41. The lowest BCUT2D eigenvalue weighted by Gasteiger charge is -2.29. The van der Waals surface area contributed by atoms with Gasteiger partial charge in [0.15, 0.2) is 0 Å². The Hall–Kier alpha value is -2.33. The smallest absolute Gasteiger partial charge is 0.251 e. The maximum absolute atomic E-state index is 12.6. The zero-order chi connectivity index (χ0) is 17.9. The Morgan fingerprint density at radius 2 is 2.00 bits per heavy atom. The van der Waals surface area contributed by atoms with Gasteiger partial charge in [0.1, 0.15) is 12.4 Å². The normalized spacial score (nSPS) is 16.1. The lowest BCUT2D eigenvalue weighted by molar-refractivity contribution is 0.0897. The van der Waals surface area contributed by atoms with Crippen LogP contribution in [0, 0.1) is 12.8 Å². The van der Waals surface area contributed by atoms with E-state index in [1.165, 1.54) is 5.56 Å². The van der Waals surface area contributed by atoms with Crippen LogP contribution in [-0.4, -0.2) is 18.0 Å². The molecule has 0 spiro atoms. The number of carbonyl (C=O) groups excluding carboxylic acids is 1. The van der Waals surface area contributed by atoms with E-state index in [9.17, 15) is 4.79 Å². The van der Waals surface area contributed by atoms with Gasteiger partial charge in [-0.25, -0.2) is 0 Å². The number of benzene rings is 2. The number of ether oxygens (including phenoxy) is 1. The SMILES string of the molecule is Cc1cccc(COc2cccc(C(=O)NC(C)(CN)C3CC3)c2)c1. The van der Waals surface area contributed by atoms with Crippen molar-refractivity contribution in [1.29, 1.82) is 0 Å². The number of amides is 1. The van der Waals surface area contributed by atoms with Crippen LogP contribution in [0.3, 0.4) is 0 Å². The second-order valence-corrected chi connectivity index (χ2v) is 7.16. The molecule has 0 aromatic heterocycles. The minimum atomic E-state index is -0.324. The molecular weight excluding hydrogens is 312 g/mol. The highest BCUT2D eigenvalue weighted by atomic mass is 16.5. The number of rotatable bonds is 7. The van der Waals surface area contributed by atoms with Crippen LogP contribution < -0.4 is 15.8 Å². The molecule has 2 aromatic rings. The quantitative estimate of drug-likeness (QED) is 0.813. The molecule has 0 aliphatic heterocycles. The number of nitrogens with one attached hydrogen (secondary N) is 1. The molecule has 2 aromatic carbocycles. The maximum Gasteiger partial charge on any atom is 0.251 e. The van der Waals surface area contributed by atoms with Gasteiger partial charge in [0.25, 0.3) is 5.91 Å². The van der Waals surface area contributed by atoms with Gasteiger partial charge in [-0.15, -0.1) is 0 Å². The summed E-state index contributed by atoms with van der Waals surface area (Å²) in [6.45, 7) is 5.02. The summed E-state index contributed by atoms with van der Waals surface area (Å²) >= 11 is 0. The Labute approximate surface area is 149 Å². The highest BCUT2D eigenvalue weighted by molar-refractivity contribution is 5.95. The molecule has 4 nitrogen and oxygen atoms in total. The van der Waals surface area contributed by atoms with E-state index in [2.05, 4.69) is 24.4 Å². The Kier molecular flexibility index (Phi) is 5.09. The summed E-state index contributed by atoms with van der Waals surface area (Å²) in [5.41, 5.74) is 8.48. The van der Waals surface area contributed by atoms with E-state index >= 15 is 0 Å². The maximum atomic E-state index is 12.6. The predicted octanol–water partition coefficient (Wildman–Crippen LogP) is 3.43. The largest absolute Gasteiger partial charge is 0.489 e. The fourth-order valence-corrected chi connectivity index (χ4v) is 3.07. The third-order valence-corrected chi connectivity index (χ3v) is 4.89. The molecule has 1 saturated carbocycles. The molecule has 1 aliphatic carbocycles. The summed E-state index contributed by atoms with van der Waals surface area (Å²) in [6.07, 6.45) is 2.27. The van der Waals surface area contributed by atoms with E-state index in [1.54, 1.807) is 12.1 Å². The van der Waals surface area contributed by atoms with Crippen LogP contribution in [0.25, 0.3) is 0 Å². The van der Waals surface area contributed by atoms with Gasteiger partial charge in [0, 0.05) is 12.1 Å². The van der Waals surface area contributed by atoms with Crippen LogP contribution >= 0.6 is 0 Å². The molecule has 0 saturated heterocycles. The van der Waals surface area contributed by atoms with Crippen molar-refractivity contribution in [3.05, 3.63) is 65.2 Å². The monoisotopic (exact) mass is 338 g/mol. The van der Waals surface area contributed by atoms with Gasteiger partial charge >= 0.3 is 0 Å². The first-order chi connectivity index (χ1) is 12.0. The van der Waals surface area contributed by atoms with Crippen LogP contribution in [0.4, 0.5) is 0 Å². The molecule has 3 rings (SSSR count). The van der Waals surface area contributed by atoms with E-state index in [4.69, 9.17) is 10.5 Å². The number of hydrogen-bond acceptors (Lipinski definition) is 3. The first-order valence-electron chi connectivity index (χ1n) is 8.81. The zero-order valence-electron chi connectivity index (χ0n) is 14.9. The minimum absolute atomic E-state index is 0.0964. The van der Waals surface area contributed by atoms with E-state index in [0.29, 0.717) is 30.4 Å². The Morgan fingerprint density at radius 3 is 2.68 bits per heavy atom. The van der Waals surface area contributed by atoms with Crippen molar-refractivity contribution in [1.82, 2.24) is 5.32 Å². The number of nitrogens with two attached hydrogens (primary N) is 1. The van der Waals surface area contributed by atoms with Crippen molar-refractivity contribution in [3.8, 4) is 5.75 Å². The van der Waals surface area contributed by atoms with Crippen LogP contribution in [0.15, 0.2) is 48.5 Å². The van der Waals surface area contributed by atoms with Gasteiger partial charge in [-0.2, -0.15) is 0 Å². The molecule has 1 amide bonds. The average Bonchev–Trinajstić information content (AvgIpc) is 3.46. The van der Waals surface area contributed by atoms with Crippen molar-refractivity contribution in [3.63, 3.8) is 0 Å². The number of carbonyl (C=O) groups is 1. The van der Waals surface area contributed by atoms with Crippen LogP contribution in [-0.2, 0) is 6.61 Å². The summed E-state index contributed by atoms with van der Waals surface area (Å²) in [5, 5.41) is 3.11. The minimum Gasteiger partial charge on any atom is -0.489 e. The average molecular weight is 338 g/mol. The van der Waals surface area contributed by atoms with Gasteiger partial charge in [-0.1, -0.05) is 35.9 Å². The third-order valence-electron chi connectivity index (χ3n) is 4.89. The van der Waals surface area contributed by atoms with Crippen molar-refractivity contribution in [2.24, 2.45) is 11.7 Å². The van der Waals surface area contributed by atoms with E-state index < -0.39 is 0 Å². The van der Waals surface area contributed by atoms with E-state index in [0.717, 1.165) is 18.4 Å². The molecule has 3 N–H and O–H groups in total. The standard InChI is InChI=1S/C21H26N2O2/c1-15-5-3-6-16(11-15)13-25-19-8-4-7-17(12-19)20(24)23-21(2,14-22)18-9-10-18/h3-8,11-12,18H,9-10,13-14,22H2,1-2H3,(H,23,24). The van der Waals surface area contributed by atoms with E-state index in [1.807, 2.05) is 31.2 Å². The van der Waals surface area contributed by atoms with Crippen molar-refractivity contribution in [2.45, 2.75) is 38.8 Å². The highest BCUT2D eigenvalue weighted by Crippen LogP contribution is 2.39. The molecule has 1 unspecified atom stereocenters. The van der Waals surface area contributed by atoms with Crippen molar-refractivity contribution >= 4 is 5.91 Å². The number of hydrogen-bond donors (Lipinski definition) is 2. The van der Waals surface area contributed by atoms with Crippen molar-refractivity contribution in [2.75, 3.05) is 6.54 Å². The summed E-state index contributed by atoms with van der Waals surface area (Å²) in [4.78, 5) is 12.6. The van der Waals surface area contributed by atoms with Gasteiger partial charge in [-0.3, -0.25) is 4.79 Å². The van der Waals surface area contributed by atoms with E-state index in [-0.39, 0.29) is 11.4 Å². The molecule has 1 atom stereocenters. The molecule has 1 fully saturated rings. The van der Waals surface area contributed by atoms with Gasteiger partial charge < -0.3 is 15.8 Å². The number of aryl methyl sites for hydroxylation is 1. The lowest BCUT2D eigenvalue weighted by atomic mass is 9.95. The second kappa shape index (κ2) is 7.28. The summed E-state index contributed by atoms with van der Waals surface area (Å²) in [7, 11) is 0. The first-order valence-corrected chi connectivity index (χ1v) is 8.81. The molecular formula is C21H26N2O2. The van der Waals surface area contributed by atoms with Gasteiger partial charge in [0.2, 0.25) is 0 Å². The Balaban J connectivity index is 1.65. The zero-order valence-corrected chi connectivity index (χ0v) is 14.9. The Morgan fingerprint density at radius 1 is 1.24 bits per heavy atom. The molecule has 132 valence electrons. The third kappa shape index (κ3) is 4.40. The van der Waals surface area contributed by atoms with Crippen molar-refractivity contribution < 1.29 is 9.53 Å². The summed E-state index contributed by atoms with van der Waals surface area (Å²) in [5.74, 6) is 1.08. The lowest BCUT2D eigenvalue weighted by Crippen LogP contribution is -2.53. The molecule has 0 bridgehead atoms. The fourth-order valence-electron chi connectivity index (χ4n) is 3.07. The molecule has 0 heterocycles. The topological polar surface area (TPSA) is 64.3 Å². The molecule has 4 heteroatoms. The molecule has 25 heavy (non-hydrogen) atoms. The van der Waals surface area contributed by atoms with Gasteiger partial charge in [0.05, 0.1) is 5.54 Å². The first kappa shape index (κ1) is 17.5. The van der Waals surface area contributed by atoms with Crippen LogP contribution in [0.2, 0.25) is 0 Å². The second-order valence-electron chi connectivity index (χ2n) is 7.16.